The van der Waals surface area contributed by atoms with E-state index in [9.17, 15) is 86.4 Å². The van der Waals surface area contributed by atoms with E-state index < -0.39 is 62.1 Å². The Morgan fingerprint density at radius 2 is 0.911 bits per heavy atom. The summed E-state index contributed by atoms with van der Waals surface area (Å²) in [5, 5.41) is 0. The van der Waals surface area contributed by atoms with Crippen molar-refractivity contribution in [3.05, 3.63) is 98.8 Å². The minimum absolute atomic E-state index is 0.778. The highest BCUT2D eigenvalue weighted by Crippen LogP contribution is 2.37. The van der Waals surface area contributed by atoms with Gasteiger partial charge in [0.25, 0.3) is 0 Å². The van der Waals surface area contributed by atoms with Crippen molar-refractivity contribution in [2.24, 2.45) is 7.05 Å². The maximum absolute atomic E-state index is 11.4. The van der Waals surface area contributed by atoms with E-state index in [1.165, 1.54) is 17.7 Å². The molecule has 3 rings (SSSR count). The van der Waals surface area contributed by atoms with Gasteiger partial charge >= 0.3 is 22.0 Å². The maximum Gasteiger partial charge on any atom is 0.480 e. The normalized spacial score (nSPS) is 13.3. The van der Waals surface area contributed by atoms with E-state index in [1.807, 2.05) is 7.05 Å². The van der Waals surface area contributed by atoms with Crippen molar-refractivity contribution < 1.29 is 95.4 Å². The molecule has 1 aromatic heterocycles. The Bertz CT molecular complexity index is 1940. The summed E-state index contributed by atoms with van der Waals surface area (Å²) < 4.78 is 224. The minimum atomic E-state index is -6.72. The first-order valence-corrected chi connectivity index (χ1v) is 20.3. The average Bonchev–Trinajstić information content (AvgIpc) is 3.43. The number of rotatable bonds is 10. The molecule has 0 spiro atoms. The standard InChI is InChI=1S/C12H15N2.C11H18N.2C2F6NO4S2/c1-13-9-10-14(11-13)8-7-12-5-3-2-4-6-12;1-4-12(2,3)10-11-8-6-5-7-9-11;2*3-1(4,5)14(10,11)9-15(12,13)2(6,7)8/h2-6,9-11H,7-8H2,1H3;5-9H,4,10H2,1-3H3;;/q2*+1;2*-1. The second-order valence-electron chi connectivity index (χ2n) is 11.3. The number of hydrogen-bond acceptors (Lipinski definition) is 8. The number of alkyl halides is 12. The Morgan fingerprint density at radius 1 is 0.589 bits per heavy atom. The molecule has 0 saturated heterocycles. The van der Waals surface area contributed by atoms with Crippen LogP contribution in [0.2, 0.25) is 0 Å². The molecule has 56 heavy (non-hydrogen) atoms. The highest BCUT2D eigenvalue weighted by molar-refractivity contribution is 8.13. The van der Waals surface area contributed by atoms with Crippen LogP contribution < -0.4 is 4.57 Å². The molecule has 0 fully saturated rings. The summed E-state index contributed by atoms with van der Waals surface area (Å²) in [6, 6.07) is 21.2. The third kappa shape index (κ3) is 18.2. The fraction of sp³-hybridized carbons (Fsp3) is 0.444. The van der Waals surface area contributed by atoms with E-state index in [-0.39, 0.29) is 0 Å². The smallest absolute Gasteiger partial charge is 0.421 e. The summed E-state index contributed by atoms with van der Waals surface area (Å²) in [6.07, 6.45) is 7.35. The largest absolute Gasteiger partial charge is 0.480 e. The number of quaternary nitrogens is 1. The number of aromatic nitrogens is 2. The number of sulfonamides is 4. The van der Waals surface area contributed by atoms with Gasteiger partial charge in [-0.25, -0.2) is 42.8 Å². The Morgan fingerprint density at radius 3 is 1.18 bits per heavy atom. The van der Waals surface area contributed by atoms with Crippen LogP contribution in [0, 0.1) is 0 Å². The van der Waals surface area contributed by atoms with Crippen molar-refractivity contribution in [2.45, 2.75) is 48.5 Å². The van der Waals surface area contributed by atoms with E-state index in [4.69, 9.17) is 0 Å². The van der Waals surface area contributed by atoms with Crippen LogP contribution in [0.1, 0.15) is 18.1 Å². The highest BCUT2D eigenvalue weighted by Gasteiger charge is 2.48. The molecule has 1 heterocycles. The Balaban J connectivity index is 0.000000722. The van der Waals surface area contributed by atoms with Crippen molar-refractivity contribution in [1.82, 2.24) is 4.57 Å². The van der Waals surface area contributed by atoms with Crippen molar-refractivity contribution in [2.75, 3.05) is 20.6 Å². The average molecular weight is 912 g/mol. The summed E-state index contributed by atoms with van der Waals surface area (Å²) in [6.45, 7) is 5.57. The van der Waals surface area contributed by atoms with E-state index in [0.717, 1.165) is 32.2 Å². The Hall–Kier alpha value is -3.51. The lowest BCUT2D eigenvalue weighted by atomic mass is 10.1. The molecule has 0 radical (unpaired) electrons. The summed E-state index contributed by atoms with van der Waals surface area (Å²) >= 11 is 0. The van der Waals surface area contributed by atoms with Gasteiger partial charge in [-0.1, -0.05) is 60.7 Å². The van der Waals surface area contributed by atoms with Crippen molar-refractivity contribution in [3.8, 4) is 0 Å². The molecule has 3 aromatic rings. The van der Waals surface area contributed by atoms with Gasteiger partial charge in [-0.2, -0.15) is 52.7 Å². The number of hydrogen-bond donors (Lipinski definition) is 0. The van der Waals surface area contributed by atoms with E-state index in [0.29, 0.717) is 0 Å². The molecule has 2 aromatic carbocycles. The highest BCUT2D eigenvalue weighted by atomic mass is 32.3. The SMILES string of the molecule is CC[N+](C)(C)Cc1ccccc1.C[n+]1ccn(CCc2ccccc2)c1.O=S(=O)([N-]S(=O)(=O)C(F)(F)F)C(F)(F)F.O=S(=O)([N-]S(=O)(=O)C(F)(F)F)C(F)(F)F. The van der Waals surface area contributed by atoms with Gasteiger partial charge in [-0.15, -0.1) is 0 Å². The molecular weight excluding hydrogens is 879 g/mol. The van der Waals surface area contributed by atoms with Crippen molar-refractivity contribution in [3.63, 3.8) is 0 Å². The molecule has 0 bridgehead atoms. The lowest BCUT2D eigenvalue weighted by Crippen LogP contribution is -2.38. The minimum Gasteiger partial charge on any atom is -0.421 e. The van der Waals surface area contributed by atoms with Crippen LogP contribution in [0.25, 0.3) is 8.25 Å². The second-order valence-corrected chi connectivity index (χ2v) is 18.1. The zero-order valence-corrected chi connectivity index (χ0v) is 32.3. The fourth-order valence-corrected chi connectivity index (χ4v) is 6.57. The zero-order chi connectivity index (χ0) is 44.2. The summed E-state index contributed by atoms with van der Waals surface area (Å²) in [5.41, 5.74) is -22.0. The first kappa shape index (κ1) is 52.5. The van der Waals surface area contributed by atoms with Crippen LogP contribution >= 0.6 is 0 Å². The third-order valence-corrected chi connectivity index (χ3v) is 11.7. The van der Waals surface area contributed by atoms with Crippen LogP contribution in [0.4, 0.5) is 52.7 Å². The number of imidazole rings is 1. The van der Waals surface area contributed by atoms with Crippen molar-refractivity contribution in [1.29, 1.82) is 0 Å². The predicted octanol–water partition coefficient (Wildman–Crippen LogP) is 5.96. The topological polar surface area (TPSA) is 174 Å². The molecule has 0 aliphatic carbocycles. The lowest BCUT2D eigenvalue weighted by molar-refractivity contribution is -0.901. The first-order chi connectivity index (χ1) is 24.9. The van der Waals surface area contributed by atoms with Crippen LogP contribution in [0.3, 0.4) is 0 Å². The fourth-order valence-electron chi connectivity index (χ4n) is 3.15. The van der Waals surface area contributed by atoms with Crippen LogP contribution in [0.5, 0.6) is 0 Å². The second kappa shape index (κ2) is 19.8. The Kier molecular flexibility index (Phi) is 18.5. The number of nitrogens with zero attached hydrogens (tertiary/aromatic N) is 5. The molecule has 29 heteroatoms. The monoisotopic (exact) mass is 911 g/mol. The molecule has 0 amide bonds. The molecule has 0 atom stereocenters. The van der Waals surface area contributed by atoms with E-state index in [2.05, 4.69) is 110 Å². The molecular formula is C27H33F12N5O8S4. The summed E-state index contributed by atoms with van der Waals surface area (Å²) in [4.78, 5) is 0. The third-order valence-electron chi connectivity index (χ3n) is 6.20. The molecule has 0 N–H and O–H groups in total. The van der Waals surface area contributed by atoms with E-state index >= 15 is 0 Å². The van der Waals surface area contributed by atoms with Gasteiger partial charge in [0.1, 0.15) is 18.9 Å². The molecule has 0 unspecified atom stereocenters. The number of aryl methyl sites for hydroxylation is 3. The van der Waals surface area contributed by atoms with Gasteiger partial charge < -0.3 is 12.7 Å². The van der Waals surface area contributed by atoms with Gasteiger partial charge in [0.2, 0.25) is 6.33 Å². The van der Waals surface area contributed by atoms with Gasteiger partial charge in [0.15, 0.2) is 40.1 Å². The van der Waals surface area contributed by atoms with Crippen LogP contribution in [0.15, 0.2) is 79.4 Å². The quantitative estimate of drug-likeness (QED) is 0.136. The Labute approximate surface area is 314 Å². The summed E-state index contributed by atoms with van der Waals surface area (Å²) in [5.74, 6) is 0. The summed E-state index contributed by atoms with van der Waals surface area (Å²) in [7, 11) is -20.3. The van der Waals surface area contributed by atoms with Gasteiger partial charge in [0.05, 0.1) is 34.2 Å². The van der Waals surface area contributed by atoms with Crippen molar-refractivity contribution >= 4 is 40.1 Å². The van der Waals surface area contributed by atoms with Crippen LogP contribution in [-0.2, 0) is 66.7 Å². The molecule has 0 aliphatic heterocycles. The van der Waals surface area contributed by atoms with Crippen LogP contribution in [-0.4, -0.2) is 85.4 Å². The maximum atomic E-state index is 11.4. The van der Waals surface area contributed by atoms with Gasteiger partial charge in [-0.3, -0.25) is 0 Å². The zero-order valence-electron chi connectivity index (χ0n) is 29.0. The molecule has 0 saturated carbocycles. The van der Waals surface area contributed by atoms with Gasteiger partial charge in [-0.05, 0) is 12.5 Å². The van der Waals surface area contributed by atoms with Gasteiger partial charge in [0, 0.05) is 12.0 Å². The first-order valence-electron chi connectivity index (χ1n) is 14.5. The lowest BCUT2D eigenvalue weighted by Gasteiger charge is -2.28. The molecule has 322 valence electrons. The molecule has 0 aliphatic rings. The number of benzene rings is 2. The van der Waals surface area contributed by atoms with E-state index in [1.54, 1.807) is 0 Å². The molecule has 13 nitrogen and oxygen atoms in total. The number of halogens is 12. The predicted molar refractivity (Wildman–Crippen MR) is 175 cm³/mol.